The second-order valence-corrected chi connectivity index (χ2v) is 3.63. The van der Waals surface area contributed by atoms with Crippen LogP contribution in [-0.4, -0.2) is 54.1 Å². The van der Waals surface area contributed by atoms with Crippen LogP contribution in [0.3, 0.4) is 0 Å². The highest BCUT2D eigenvalue weighted by molar-refractivity contribution is 5.88. The van der Waals surface area contributed by atoms with E-state index in [1.165, 1.54) is 18.7 Å². The number of nitrogens with one attached hydrogen (secondary N) is 2. The third kappa shape index (κ3) is 4.63. The largest absolute Gasteiger partial charge is 0.480 e. The fourth-order valence-electron chi connectivity index (χ4n) is 0.946. The molecule has 7 nitrogen and oxygen atoms in total. The zero-order valence-corrected chi connectivity index (χ0v) is 9.77. The monoisotopic (exact) mass is 231 g/mol. The number of carbonyl (C=O) groups is 3. The van der Waals surface area contributed by atoms with Crippen LogP contribution in [0.5, 0.6) is 0 Å². The van der Waals surface area contributed by atoms with Crippen molar-refractivity contribution in [1.82, 2.24) is 15.5 Å². The van der Waals surface area contributed by atoms with Crippen molar-refractivity contribution in [2.75, 3.05) is 14.1 Å². The fourth-order valence-corrected chi connectivity index (χ4v) is 0.946. The number of rotatable bonds is 4. The van der Waals surface area contributed by atoms with Crippen LogP contribution in [0.2, 0.25) is 0 Å². The fraction of sp³-hybridized carbons (Fsp3) is 0.667. The van der Waals surface area contributed by atoms with Gasteiger partial charge in [0.25, 0.3) is 0 Å². The van der Waals surface area contributed by atoms with Gasteiger partial charge in [0.05, 0.1) is 0 Å². The number of carboxylic acid groups (broad SMARTS) is 1. The number of urea groups is 1. The molecule has 0 saturated carbocycles. The minimum absolute atomic E-state index is 0.266. The summed E-state index contributed by atoms with van der Waals surface area (Å²) < 4.78 is 0. The Morgan fingerprint density at radius 1 is 1.06 bits per heavy atom. The molecule has 2 unspecified atom stereocenters. The van der Waals surface area contributed by atoms with Crippen molar-refractivity contribution in [2.45, 2.75) is 25.9 Å². The van der Waals surface area contributed by atoms with Gasteiger partial charge in [0.1, 0.15) is 12.1 Å². The van der Waals surface area contributed by atoms with Gasteiger partial charge in [-0.15, -0.1) is 0 Å². The predicted molar refractivity (Wildman–Crippen MR) is 56.9 cm³/mol. The van der Waals surface area contributed by atoms with E-state index < -0.39 is 24.1 Å². The summed E-state index contributed by atoms with van der Waals surface area (Å²) in [6, 6.07) is -2.38. The maximum absolute atomic E-state index is 11.4. The molecule has 0 aliphatic rings. The van der Waals surface area contributed by atoms with Crippen molar-refractivity contribution in [3.05, 3.63) is 0 Å². The van der Waals surface area contributed by atoms with Gasteiger partial charge in [-0.3, -0.25) is 9.59 Å². The second-order valence-electron chi connectivity index (χ2n) is 3.63. The zero-order valence-electron chi connectivity index (χ0n) is 9.77. The van der Waals surface area contributed by atoms with Gasteiger partial charge in [-0.05, 0) is 13.8 Å². The van der Waals surface area contributed by atoms with Crippen molar-refractivity contribution in [3.8, 4) is 0 Å². The van der Waals surface area contributed by atoms with Gasteiger partial charge in [0.15, 0.2) is 0 Å². The highest BCUT2D eigenvalue weighted by atomic mass is 16.4. The lowest BCUT2D eigenvalue weighted by atomic mass is 10.3. The quantitative estimate of drug-likeness (QED) is 0.592. The lowest BCUT2D eigenvalue weighted by Gasteiger charge is -2.19. The molecule has 92 valence electrons. The molecule has 0 radical (unpaired) electrons. The minimum atomic E-state index is -1.14. The molecule has 7 heteroatoms. The van der Waals surface area contributed by atoms with Crippen LogP contribution in [-0.2, 0) is 9.59 Å². The third-order valence-electron chi connectivity index (χ3n) is 1.88. The summed E-state index contributed by atoms with van der Waals surface area (Å²) in [4.78, 5) is 34.4. The molecule has 0 fully saturated rings. The van der Waals surface area contributed by atoms with Gasteiger partial charge >= 0.3 is 12.0 Å². The smallest absolute Gasteiger partial charge is 0.325 e. The SMILES string of the molecule is CC(NC(=O)NC(C)C(=O)N(C)C)C(=O)O. The van der Waals surface area contributed by atoms with Crippen LogP contribution in [0.15, 0.2) is 0 Å². The lowest BCUT2D eigenvalue weighted by Crippen LogP contribution is -2.51. The molecule has 0 heterocycles. The van der Waals surface area contributed by atoms with Crippen molar-refractivity contribution < 1.29 is 19.5 Å². The van der Waals surface area contributed by atoms with Crippen LogP contribution in [0.1, 0.15) is 13.8 Å². The summed E-state index contributed by atoms with van der Waals surface area (Å²) in [6.07, 6.45) is 0. The molecule has 16 heavy (non-hydrogen) atoms. The number of carbonyl (C=O) groups excluding carboxylic acids is 2. The first kappa shape index (κ1) is 14.2. The topological polar surface area (TPSA) is 98.7 Å². The summed E-state index contributed by atoms with van der Waals surface area (Å²) >= 11 is 0. The number of nitrogens with zero attached hydrogens (tertiary/aromatic N) is 1. The predicted octanol–water partition coefficient (Wildman–Crippen LogP) is -0.765. The van der Waals surface area contributed by atoms with Crippen LogP contribution < -0.4 is 10.6 Å². The molecule has 0 saturated heterocycles. The highest BCUT2D eigenvalue weighted by Crippen LogP contribution is 1.89. The Morgan fingerprint density at radius 3 is 1.88 bits per heavy atom. The van der Waals surface area contributed by atoms with Crippen LogP contribution in [0.4, 0.5) is 4.79 Å². The van der Waals surface area contributed by atoms with Gasteiger partial charge in [0.2, 0.25) is 5.91 Å². The van der Waals surface area contributed by atoms with E-state index in [1.807, 2.05) is 0 Å². The van der Waals surface area contributed by atoms with Gasteiger partial charge in [-0.25, -0.2) is 4.79 Å². The molecular formula is C9H17N3O4. The van der Waals surface area contributed by atoms with Crippen molar-refractivity contribution in [3.63, 3.8) is 0 Å². The van der Waals surface area contributed by atoms with Gasteiger partial charge in [-0.1, -0.05) is 0 Å². The molecule has 0 spiro atoms. The van der Waals surface area contributed by atoms with Gasteiger partial charge in [0, 0.05) is 14.1 Å². The van der Waals surface area contributed by atoms with E-state index >= 15 is 0 Å². The van der Waals surface area contributed by atoms with Crippen LogP contribution in [0, 0.1) is 0 Å². The molecule has 0 rings (SSSR count). The number of amides is 3. The summed E-state index contributed by atoms with van der Waals surface area (Å²) in [5, 5.41) is 13.1. The number of hydrogen-bond donors (Lipinski definition) is 3. The number of likely N-dealkylation sites (N-methyl/N-ethyl adjacent to an activating group) is 1. The van der Waals surface area contributed by atoms with E-state index in [4.69, 9.17) is 5.11 Å². The molecule has 3 N–H and O–H groups in total. The number of aliphatic carboxylic acids is 1. The number of hydrogen-bond acceptors (Lipinski definition) is 3. The Bertz CT molecular complexity index is 290. The molecule has 0 aliphatic carbocycles. The zero-order chi connectivity index (χ0) is 12.9. The Kier molecular flexibility index (Phi) is 5.27. The molecule has 0 bridgehead atoms. The molecule has 0 aliphatic heterocycles. The molecular weight excluding hydrogens is 214 g/mol. The Labute approximate surface area is 93.8 Å². The summed E-state index contributed by atoms with van der Waals surface area (Å²) in [5.41, 5.74) is 0. The first-order chi connectivity index (χ1) is 7.25. The second kappa shape index (κ2) is 5.94. The Morgan fingerprint density at radius 2 is 1.50 bits per heavy atom. The van der Waals surface area contributed by atoms with E-state index in [2.05, 4.69) is 10.6 Å². The van der Waals surface area contributed by atoms with E-state index in [0.29, 0.717) is 0 Å². The Balaban J connectivity index is 4.15. The summed E-state index contributed by atoms with van der Waals surface area (Å²) in [5.74, 6) is -1.40. The van der Waals surface area contributed by atoms with Crippen LogP contribution in [0.25, 0.3) is 0 Å². The third-order valence-corrected chi connectivity index (χ3v) is 1.88. The van der Waals surface area contributed by atoms with E-state index in [9.17, 15) is 14.4 Å². The first-order valence-corrected chi connectivity index (χ1v) is 4.76. The summed E-state index contributed by atoms with van der Waals surface area (Å²) in [7, 11) is 3.14. The molecule has 0 aromatic rings. The lowest BCUT2D eigenvalue weighted by molar-refractivity contribution is -0.138. The highest BCUT2D eigenvalue weighted by Gasteiger charge is 2.19. The Hall–Kier alpha value is -1.79. The van der Waals surface area contributed by atoms with Crippen LogP contribution >= 0.6 is 0 Å². The molecule has 0 aromatic carbocycles. The minimum Gasteiger partial charge on any atom is -0.480 e. The van der Waals surface area contributed by atoms with Crippen molar-refractivity contribution >= 4 is 17.9 Å². The average Bonchev–Trinajstić information content (AvgIpc) is 2.15. The standard InChI is InChI=1S/C9H17N3O4/c1-5(7(13)12(3)4)10-9(16)11-6(2)8(14)15/h5-6H,1-4H3,(H,14,15)(H2,10,11,16). The maximum Gasteiger partial charge on any atom is 0.325 e. The maximum atomic E-state index is 11.4. The molecule has 0 aromatic heterocycles. The van der Waals surface area contributed by atoms with E-state index in [-0.39, 0.29) is 5.91 Å². The average molecular weight is 231 g/mol. The van der Waals surface area contributed by atoms with Gasteiger partial charge in [-0.2, -0.15) is 0 Å². The number of carboxylic acids is 1. The van der Waals surface area contributed by atoms with E-state index in [1.54, 1.807) is 14.1 Å². The van der Waals surface area contributed by atoms with Crippen molar-refractivity contribution in [1.29, 1.82) is 0 Å². The first-order valence-electron chi connectivity index (χ1n) is 4.76. The van der Waals surface area contributed by atoms with Gasteiger partial charge < -0.3 is 20.6 Å². The normalized spacial score (nSPS) is 13.5. The molecule has 3 amide bonds. The van der Waals surface area contributed by atoms with Crippen molar-refractivity contribution in [2.24, 2.45) is 0 Å². The van der Waals surface area contributed by atoms with E-state index in [0.717, 1.165) is 0 Å². The molecule has 2 atom stereocenters. The summed E-state index contributed by atoms with van der Waals surface area (Å²) in [6.45, 7) is 2.85.